The van der Waals surface area contributed by atoms with E-state index in [0.29, 0.717) is 35.0 Å². The quantitative estimate of drug-likeness (QED) is 0.484. The van der Waals surface area contributed by atoms with Crippen LogP contribution in [0.1, 0.15) is 35.3 Å². The van der Waals surface area contributed by atoms with Crippen molar-refractivity contribution in [3.8, 4) is 11.3 Å². The number of carbonyl (C=O) groups is 2. The second-order valence-corrected chi connectivity index (χ2v) is 10.3. The van der Waals surface area contributed by atoms with Crippen LogP contribution in [0.3, 0.4) is 0 Å². The number of anilines is 1. The third kappa shape index (κ3) is 4.90. The van der Waals surface area contributed by atoms with Crippen molar-refractivity contribution in [1.29, 1.82) is 0 Å². The zero-order chi connectivity index (χ0) is 22.7. The van der Waals surface area contributed by atoms with Crippen LogP contribution < -0.4 is 11.1 Å². The molecule has 0 unspecified atom stereocenters. The molecule has 0 bridgehead atoms. The molecule has 32 heavy (non-hydrogen) atoms. The van der Waals surface area contributed by atoms with E-state index >= 15 is 0 Å². The minimum atomic E-state index is -3.49. The first-order valence-electron chi connectivity index (χ1n) is 10.2. The first-order valence-corrected chi connectivity index (χ1v) is 12.5. The van der Waals surface area contributed by atoms with Crippen molar-refractivity contribution in [3.05, 3.63) is 53.2 Å². The van der Waals surface area contributed by atoms with Crippen LogP contribution in [0.15, 0.2) is 46.8 Å². The highest BCUT2D eigenvalue weighted by atomic mass is 32.2. The molecule has 1 saturated heterocycles. The van der Waals surface area contributed by atoms with E-state index in [2.05, 4.69) is 15.3 Å². The lowest BCUT2D eigenvalue weighted by Crippen LogP contribution is -2.35. The summed E-state index contributed by atoms with van der Waals surface area (Å²) >= 11 is 1.26. The van der Waals surface area contributed by atoms with Gasteiger partial charge < -0.3 is 16.0 Å². The van der Waals surface area contributed by atoms with Gasteiger partial charge in [0, 0.05) is 30.2 Å². The Balaban J connectivity index is 1.37. The Morgan fingerprint density at radius 1 is 1.16 bits per heavy atom. The number of carbonyl (C=O) groups excluding carboxylic acids is 2. The fourth-order valence-electron chi connectivity index (χ4n) is 3.53. The second-order valence-electron chi connectivity index (χ2n) is 7.54. The van der Waals surface area contributed by atoms with Crippen molar-refractivity contribution in [2.75, 3.05) is 18.4 Å². The van der Waals surface area contributed by atoms with E-state index in [1.807, 2.05) is 0 Å². The molecule has 0 spiro atoms. The summed E-state index contributed by atoms with van der Waals surface area (Å²) in [4.78, 5) is 31.0. The van der Waals surface area contributed by atoms with Crippen LogP contribution in [-0.2, 0) is 21.2 Å². The summed E-state index contributed by atoms with van der Waals surface area (Å²) in [6, 6.07) is 8.03. The Morgan fingerprint density at radius 3 is 2.53 bits per heavy atom. The van der Waals surface area contributed by atoms with Crippen molar-refractivity contribution in [2.45, 2.75) is 30.6 Å². The first kappa shape index (κ1) is 22.2. The van der Waals surface area contributed by atoms with Gasteiger partial charge in [-0.2, -0.15) is 4.31 Å². The number of amides is 2. The standard InChI is InChI=1S/C21H23N5O4S2/c22-20(28)17-11-15(12-23-17)18-13-31-21(24-18)25-19(27)10-14-4-6-16(7-5-14)32(29,30)26-8-2-1-3-9-26/h4-7,11-13,23H,1-3,8-10H2,(H2,22,28)(H,24,25,27). The molecule has 3 aromatic rings. The molecular weight excluding hydrogens is 450 g/mol. The summed E-state index contributed by atoms with van der Waals surface area (Å²) < 4.78 is 27.0. The minimum absolute atomic E-state index is 0.0922. The molecule has 4 N–H and O–H groups in total. The summed E-state index contributed by atoms with van der Waals surface area (Å²) in [5.74, 6) is -0.820. The van der Waals surface area contributed by atoms with Gasteiger partial charge in [-0.15, -0.1) is 11.3 Å². The number of hydrogen-bond acceptors (Lipinski definition) is 6. The Bertz CT molecular complexity index is 1230. The van der Waals surface area contributed by atoms with Crippen LogP contribution in [-0.4, -0.2) is 47.6 Å². The monoisotopic (exact) mass is 473 g/mol. The lowest BCUT2D eigenvalue weighted by molar-refractivity contribution is -0.115. The van der Waals surface area contributed by atoms with Gasteiger partial charge in [0.05, 0.1) is 17.0 Å². The van der Waals surface area contributed by atoms with E-state index in [-0.39, 0.29) is 22.9 Å². The summed E-state index contributed by atoms with van der Waals surface area (Å²) in [5, 5.41) is 4.94. The number of hydrogen-bond donors (Lipinski definition) is 3. The van der Waals surface area contributed by atoms with Gasteiger partial charge in [0.15, 0.2) is 5.13 Å². The number of nitrogens with zero attached hydrogens (tertiary/aromatic N) is 2. The largest absolute Gasteiger partial charge is 0.364 e. The van der Waals surface area contributed by atoms with Crippen LogP contribution in [0.25, 0.3) is 11.3 Å². The maximum Gasteiger partial charge on any atom is 0.265 e. The smallest absolute Gasteiger partial charge is 0.265 e. The van der Waals surface area contributed by atoms with E-state index in [0.717, 1.165) is 19.3 Å². The van der Waals surface area contributed by atoms with Crippen molar-refractivity contribution in [2.24, 2.45) is 5.73 Å². The van der Waals surface area contributed by atoms with Gasteiger partial charge in [-0.1, -0.05) is 18.6 Å². The molecule has 2 amide bonds. The van der Waals surface area contributed by atoms with Crippen molar-refractivity contribution < 1.29 is 18.0 Å². The lowest BCUT2D eigenvalue weighted by Gasteiger charge is -2.25. The van der Waals surface area contributed by atoms with E-state index in [1.165, 1.54) is 15.6 Å². The fourth-order valence-corrected chi connectivity index (χ4v) is 5.78. The van der Waals surface area contributed by atoms with Gasteiger partial charge in [0.2, 0.25) is 15.9 Å². The molecule has 168 valence electrons. The van der Waals surface area contributed by atoms with Crippen LogP contribution in [0.4, 0.5) is 5.13 Å². The number of benzene rings is 1. The number of nitrogens with two attached hydrogens (primary N) is 1. The van der Waals surface area contributed by atoms with Crippen LogP contribution in [0.5, 0.6) is 0 Å². The van der Waals surface area contributed by atoms with Crippen LogP contribution in [0.2, 0.25) is 0 Å². The summed E-state index contributed by atoms with van der Waals surface area (Å²) in [6.07, 6.45) is 4.54. The Kier molecular flexibility index (Phi) is 6.40. The SMILES string of the molecule is NC(=O)c1cc(-c2csc(NC(=O)Cc3ccc(S(=O)(=O)N4CCCCC4)cc3)n2)c[nH]1. The molecule has 1 aromatic carbocycles. The van der Waals surface area contributed by atoms with Crippen LogP contribution in [0, 0.1) is 0 Å². The molecule has 11 heteroatoms. The van der Waals surface area contributed by atoms with Crippen molar-refractivity contribution in [1.82, 2.24) is 14.3 Å². The molecule has 3 heterocycles. The van der Waals surface area contributed by atoms with Gasteiger partial charge in [0.1, 0.15) is 5.69 Å². The first-order chi connectivity index (χ1) is 15.3. The number of piperidine rings is 1. The van der Waals surface area contributed by atoms with Crippen LogP contribution >= 0.6 is 11.3 Å². The molecule has 2 aromatic heterocycles. The highest BCUT2D eigenvalue weighted by molar-refractivity contribution is 7.89. The van der Waals surface area contributed by atoms with Gasteiger partial charge in [-0.3, -0.25) is 9.59 Å². The maximum absolute atomic E-state index is 12.7. The number of H-pyrrole nitrogens is 1. The van der Waals surface area contributed by atoms with Crippen molar-refractivity contribution in [3.63, 3.8) is 0 Å². The third-order valence-electron chi connectivity index (χ3n) is 5.24. The zero-order valence-corrected chi connectivity index (χ0v) is 18.8. The molecule has 9 nitrogen and oxygen atoms in total. The molecule has 0 saturated carbocycles. The van der Waals surface area contributed by atoms with E-state index in [9.17, 15) is 18.0 Å². The van der Waals surface area contributed by atoms with Gasteiger partial charge >= 0.3 is 0 Å². The molecule has 4 rings (SSSR count). The molecule has 0 radical (unpaired) electrons. The van der Waals surface area contributed by atoms with E-state index in [4.69, 9.17) is 5.73 Å². The third-order valence-corrected chi connectivity index (χ3v) is 7.91. The zero-order valence-electron chi connectivity index (χ0n) is 17.2. The average molecular weight is 474 g/mol. The summed E-state index contributed by atoms with van der Waals surface area (Å²) in [5.41, 5.74) is 7.53. The Labute approximate surface area is 189 Å². The van der Waals surface area contributed by atoms with Gasteiger partial charge in [-0.05, 0) is 36.6 Å². The molecule has 1 aliphatic heterocycles. The van der Waals surface area contributed by atoms with Gasteiger partial charge in [0.25, 0.3) is 5.91 Å². The molecular formula is C21H23N5O4S2. The Morgan fingerprint density at radius 2 is 1.88 bits per heavy atom. The number of nitrogens with one attached hydrogen (secondary N) is 2. The molecule has 1 fully saturated rings. The van der Waals surface area contributed by atoms with Crippen molar-refractivity contribution >= 4 is 38.3 Å². The highest BCUT2D eigenvalue weighted by Crippen LogP contribution is 2.26. The van der Waals surface area contributed by atoms with Gasteiger partial charge in [-0.25, -0.2) is 13.4 Å². The number of aromatic amines is 1. The topological polar surface area (TPSA) is 138 Å². The second kappa shape index (κ2) is 9.23. The number of aromatic nitrogens is 2. The summed E-state index contributed by atoms with van der Waals surface area (Å²) in [6.45, 7) is 1.10. The maximum atomic E-state index is 12.7. The summed E-state index contributed by atoms with van der Waals surface area (Å²) in [7, 11) is -3.49. The number of primary amides is 1. The number of rotatable bonds is 7. The van der Waals surface area contributed by atoms with E-state index in [1.54, 1.807) is 41.9 Å². The number of sulfonamides is 1. The van der Waals surface area contributed by atoms with E-state index < -0.39 is 15.9 Å². The minimum Gasteiger partial charge on any atom is -0.364 e. The molecule has 0 aliphatic carbocycles. The molecule has 0 atom stereocenters. The highest BCUT2D eigenvalue weighted by Gasteiger charge is 2.25. The predicted octanol–water partition coefficient (Wildman–Crippen LogP) is 2.59. The Hall–Kier alpha value is -3.02. The normalized spacial score (nSPS) is 14.9. The molecule has 1 aliphatic rings. The predicted molar refractivity (Wildman–Crippen MR) is 122 cm³/mol. The lowest BCUT2D eigenvalue weighted by atomic mass is 10.1. The fraction of sp³-hybridized carbons (Fsp3) is 0.286. The number of thiazole rings is 1. The average Bonchev–Trinajstić information content (AvgIpc) is 3.44.